The molecule has 0 aliphatic rings. The van der Waals surface area contributed by atoms with Crippen molar-refractivity contribution in [2.45, 2.75) is 21.6 Å². The molecule has 0 heterocycles. The van der Waals surface area contributed by atoms with E-state index in [2.05, 4.69) is 15.5 Å². The standard InChI is InChI=1S/C18H14N4O13S3/c1-8(23)19-13-6-11(37(30,31)32)4-9-5-15(38(33,34)35)17(18(24)16(9)13)21-20-12-3-2-10(36(27,28)29)7-14(12)22(25)26/h2-7,24H,1H3,(H,19,23)(H,27,28,29)(H,30,31,32)(H,33,34,35). The van der Waals surface area contributed by atoms with E-state index in [1.807, 2.05) is 0 Å². The smallest absolute Gasteiger partial charge is 0.298 e. The fourth-order valence-electron chi connectivity index (χ4n) is 3.19. The molecule has 0 saturated carbocycles. The Labute approximate surface area is 212 Å². The van der Waals surface area contributed by atoms with Gasteiger partial charge < -0.3 is 10.4 Å². The number of fused-ring (bicyclic) bond motifs is 1. The molecule has 0 atom stereocenters. The average Bonchev–Trinajstić information content (AvgIpc) is 2.75. The van der Waals surface area contributed by atoms with Crippen LogP contribution < -0.4 is 5.32 Å². The van der Waals surface area contributed by atoms with Crippen LogP contribution in [0.2, 0.25) is 0 Å². The maximum Gasteiger partial charge on any atom is 0.298 e. The van der Waals surface area contributed by atoms with Gasteiger partial charge in [-0.05, 0) is 35.7 Å². The van der Waals surface area contributed by atoms with Crippen LogP contribution in [0.15, 0.2) is 61.3 Å². The van der Waals surface area contributed by atoms with E-state index in [4.69, 9.17) is 4.55 Å². The second kappa shape index (κ2) is 9.66. The first kappa shape index (κ1) is 28.5. The van der Waals surface area contributed by atoms with Crippen LogP contribution >= 0.6 is 0 Å². The fourth-order valence-corrected chi connectivity index (χ4v) is 4.89. The van der Waals surface area contributed by atoms with Gasteiger partial charge >= 0.3 is 0 Å². The molecule has 0 bridgehead atoms. The van der Waals surface area contributed by atoms with Crippen molar-refractivity contribution in [1.82, 2.24) is 0 Å². The molecule has 3 rings (SSSR count). The Bertz CT molecular complexity index is 1880. The molecular formula is C18H14N4O13S3. The molecule has 0 spiro atoms. The predicted molar refractivity (Wildman–Crippen MR) is 127 cm³/mol. The Kier molecular flexibility index (Phi) is 7.24. The molecule has 3 aromatic carbocycles. The van der Waals surface area contributed by atoms with Crippen molar-refractivity contribution in [2.75, 3.05) is 5.32 Å². The number of rotatable bonds is 7. The van der Waals surface area contributed by atoms with Gasteiger partial charge in [-0.3, -0.25) is 28.6 Å². The summed E-state index contributed by atoms with van der Waals surface area (Å²) in [5.41, 5.74) is -3.14. The number of anilines is 1. The van der Waals surface area contributed by atoms with Gasteiger partial charge in [-0.2, -0.15) is 25.3 Å². The normalized spacial score (nSPS) is 12.6. The number of nitro groups is 1. The highest BCUT2D eigenvalue weighted by atomic mass is 32.2. The first-order chi connectivity index (χ1) is 17.3. The lowest BCUT2D eigenvalue weighted by atomic mass is 10.1. The van der Waals surface area contributed by atoms with Crippen LogP contribution in [0.25, 0.3) is 10.8 Å². The van der Waals surface area contributed by atoms with Crippen LogP contribution in [0, 0.1) is 10.1 Å². The largest absolute Gasteiger partial charge is 0.505 e. The van der Waals surface area contributed by atoms with Crippen LogP contribution in [0.3, 0.4) is 0 Å². The number of hydrogen-bond donors (Lipinski definition) is 5. The van der Waals surface area contributed by atoms with Crippen molar-refractivity contribution in [3.63, 3.8) is 0 Å². The van der Waals surface area contributed by atoms with Crippen molar-refractivity contribution in [2.24, 2.45) is 10.2 Å². The molecule has 3 aromatic rings. The summed E-state index contributed by atoms with van der Waals surface area (Å²) in [6.45, 7) is 1.01. The van der Waals surface area contributed by atoms with Crippen LogP contribution in [0.4, 0.5) is 22.7 Å². The number of carbonyl (C=O) groups excluding carboxylic acids is 1. The third-order valence-corrected chi connectivity index (χ3v) is 7.26. The Balaban J connectivity index is 2.40. The molecule has 0 unspecified atom stereocenters. The minimum absolute atomic E-state index is 0.420. The molecule has 0 radical (unpaired) electrons. The highest BCUT2D eigenvalue weighted by Crippen LogP contribution is 2.45. The fraction of sp³-hybridized carbons (Fsp3) is 0.0556. The number of carbonyl (C=O) groups is 1. The summed E-state index contributed by atoms with van der Waals surface area (Å²) < 4.78 is 98.1. The molecular weight excluding hydrogens is 576 g/mol. The van der Waals surface area contributed by atoms with Gasteiger partial charge in [-0.15, -0.1) is 10.2 Å². The molecule has 5 N–H and O–H groups in total. The molecule has 20 heteroatoms. The van der Waals surface area contributed by atoms with Crippen molar-refractivity contribution in [3.05, 3.63) is 46.5 Å². The monoisotopic (exact) mass is 590 g/mol. The number of phenolic OH excluding ortho intramolecular Hbond substituents is 1. The Morgan fingerprint density at radius 1 is 0.895 bits per heavy atom. The van der Waals surface area contributed by atoms with Gasteiger partial charge in [0.25, 0.3) is 36.0 Å². The molecule has 0 saturated heterocycles. The summed E-state index contributed by atoms with van der Waals surface area (Å²) in [6, 6.07) is 3.94. The molecule has 0 aromatic heterocycles. The second-order valence-electron chi connectivity index (χ2n) is 7.35. The summed E-state index contributed by atoms with van der Waals surface area (Å²) in [4.78, 5) is 19.1. The number of benzene rings is 3. The number of phenols is 1. The first-order valence-corrected chi connectivity index (χ1v) is 13.9. The SMILES string of the molecule is CC(=O)Nc1cc(S(=O)(=O)O)cc2cc(S(=O)(=O)O)c(N=Nc3ccc(S(=O)(=O)O)cc3[N+](=O)[O-])c(O)c12. The van der Waals surface area contributed by atoms with Crippen molar-refractivity contribution < 1.29 is 53.7 Å². The minimum atomic E-state index is -5.25. The molecule has 1 amide bonds. The van der Waals surface area contributed by atoms with Crippen molar-refractivity contribution in [3.8, 4) is 5.75 Å². The zero-order valence-electron chi connectivity index (χ0n) is 18.5. The Morgan fingerprint density at radius 2 is 1.50 bits per heavy atom. The Morgan fingerprint density at radius 3 is 2.00 bits per heavy atom. The Hall–Kier alpha value is -4.08. The molecule has 0 aliphatic heterocycles. The zero-order valence-corrected chi connectivity index (χ0v) is 20.9. The lowest BCUT2D eigenvalue weighted by Gasteiger charge is -2.14. The van der Waals surface area contributed by atoms with E-state index in [9.17, 15) is 54.4 Å². The summed E-state index contributed by atoms with van der Waals surface area (Å²) >= 11 is 0. The maximum atomic E-state index is 12.0. The lowest BCUT2D eigenvalue weighted by molar-refractivity contribution is -0.384. The van der Waals surface area contributed by atoms with Crippen molar-refractivity contribution in [1.29, 1.82) is 0 Å². The molecule has 202 valence electrons. The molecule has 0 fully saturated rings. The van der Waals surface area contributed by atoms with Gasteiger partial charge in [0.2, 0.25) is 5.91 Å². The lowest BCUT2D eigenvalue weighted by Crippen LogP contribution is -2.08. The first-order valence-electron chi connectivity index (χ1n) is 9.54. The van der Waals surface area contributed by atoms with E-state index in [0.717, 1.165) is 19.1 Å². The minimum Gasteiger partial charge on any atom is -0.505 e. The maximum absolute atomic E-state index is 12.0. The summed E-state index contributed by atoms with van der Waals surface area (Å²) in [6.07, 6.45) is 0. The van der Waals surface area contributed by atoms with Gasteiger partial charge in [0.05, 0.1) is 15.5 Å². The van der Waals surface area contributed by atoms with E-state index < -0.39 is 95.1 Å². The summed E-state index contributed by atoms with van der Waals surface area (Å²) in [7, 11) is -15.0. The van der Waals surface area contributed by atoms with Gasteiger partial charge in [-0.1, -0.05) is 0 Å². The molecule has 17 nitrogen and oxygen atoms in total. The second-order valence-corrected chi connectivity index (χ2v) is 11.6. The summed E-state index contributed by atoms with van der Waals surface area (Å²) in [5.74, 6) is -1.88. The number of amides is 1. The van der Waals surface area contributed by atoms with Gasteiger partial charge in [0, 0.05) is 18.4 Å². The van der Waals surface area contributed by atoms with Crippen LogP contribution in [-0.4, -0.2) is 54.8 Å². The van der Waals surface area contributed by atoms with Gasteiger partial charge in [0.1, 0.15) is 15.5 Å². The third-order valence-electron chi connectivity index (χ3n) is 4.71. The topological polar surface area (TPSA) is 280 Å². The van der Waals surface area contributed by atoms with Gasteiger partial charge in [0.15, 0.2) is 11.4 Å². The molecule has 0 aliphatic carbocycles. The number of aromatic hydroxyl groups is 1. The van der Waals surface area contributed by atoms with Crippen LogP contribution in [-0.2, 0) is 35.1 Å². The van der Waals surface area contributed by atoms with E-state index in [-0.39, 0.29) is 0 Å². The van der Waals surface area contributed by atoms with Gasteiger partial charge in [-0.25, -0.2) is 0 Å². The highest BCUT2D eigenvalue weighted by Gasteiger charge is 2.26. The van der Waals surface area contributed by atoms with Crippen molar-refractivity contribution >= 4 is 69.8 Å². The number of nitrogens with zero attached hydrogens (tertiary/aromatic N) is 3. The quantitative estimate of drug-likeness (QED) is 0.115. The number of azo groups is 1. The average molecular weight is 591 g/mol. The number of nitrogens with one attached hydrogen (secondary N) is 1. The number of hydrogen-bond acceptors (Lipinski definition) is 12. The van der Waals surface area contributed by atoms with E-state index >= 15 is 0 Å². The third kappa shape index (κ3) is 5.90. The van der Waals surface area contributed by atoms with E-state index in [1.165, 1.54) is 0 Å². The van der Waals surface area contributed by atoms with E-state index in [1.54, 1.807) is 0 Å². The van der Waals surface area contributed by atoms with Crippen LogP contribution in [0.5, 0.6) is 5.75 Å². The highest BCUT2D eigenvalue weighted by molar-refractivity contribution is 7.86. The van der Waals surface area contributed by atoms with Crippen LogP contribution in [0.1, 0.15) is 6.92 Å². The number of nitro benzene ring substituents is 1. The molecule has 38 heavy (non-hydrogen) atoms. The predicted octanol–water partition coefficient (Wildman–Crippen LogP) is 2.57. The zero-order chi connectivity index (χ0) is 28.8. The summed E-state index contributed by atoms with van der Waals surface area (Å²) in [5, 5.41) is 30.5. The van der Waals surface area contributed by atoms with E-state index in [0.29, 0.717) is 24.3 Å².